The monoisotopic (exact) mass is 502 g/mol. The van der Waals surface area contributed by atoms with Crippen molar-refractivity contribution in [3.8, 4) is 5.75 Å². The second-order valence-corrected chi connectivity index (χ2v) is 8.98. The number of alkyl halides is 3. The Morgan fingerprint density at radius 3 is 2.60 bits per heavy atom. The minimum absolute atomic E-state index is 0.0111. The molecule has 0 radical (unpaired) electrons. The number of rotatable bonds is 5. The number of likely N-dealkylation sites (tertiary alicyclic amines) is 1. The first kappa shape index (κ1) is 24.7. The van der Waals surface area contributed by atoms with Crippen LogP contribution in [0.1, 0.15) is 24.8 Å². The molecule has 1 unspecified atom stereocenters. The molecule has 2 atom stereocenters. The van der Waals surface area contributed by atoms with Gasteiger partial charge in [-0.15, -0.1) is 13.2 Å². The van der Waals surface area contributed by atoms with Gasteiger partial charge in [0.15, 0.2) is 0 Å². The van der Waals surface area contributed by atoms with Crippen molar-refractivity contribution < 1.29 is 36.7 Å². The standard InChI is InChI=1S/C21H26F4N6O4/c1-26-18(33)30-9-14(7-20(11-30)10-28-17(32)29-20)31(13-3-4-13)19(34)27-8-12-2-5-15(6-16(12)22)35-21(23,24)25/h2,5-6,13-14H,3-4,7-11H2,1H3,(H,26,33)(H,27,34)(H2,28,29,32)/t14-,20?/m1/s1. The van der Waals surface area contributed by atoms with Crippen LogP contribution in [0.15, 0.2) is 18.2 Å². The number of benzene rings is 1. The van der Waals surface area contributed by atoms with Gasteiger partial charge in [-0.1, -0.05) is 6.07 Å². The first-order valence-corrected chi connectivity index (χ1v) is 11.1. The smallest absolute Gasteiger partial charge is 0.406 e. The highest BCUT2D eigenvalue weighted by molar-refractivity contribution is 5.79. The van der Waals surface area contributed by atoms with Gasteiger partial charge in [-0.2, -0.15) is 0 Å². The highest BCUT2D eigenvalue weighted by Gasteiger charge is 2.50. The molecule has 10 nitrogen and oxygen atoms in total. The number of hydrogen-bond acceptors (Lipinski definition) is 4. The van der Waals surface area contributed by atoms with Gasteiger partial charge in [-0.05, 0) is 25.3 Å². The fourth-order valence-corrected chi connectivity index (χ4v) is 4.67. The molecule has 1 aliphatic carbocycles. The van der Waals surface area contributed by atoms with Gasteiger partial charge in [0.1, 0.15) is 11.6 Å². The summed E-state index contributed by atoms with van der Waals surface area (Å²) in [4.78, 5) is 40.6. The largest absolute Gasteiger partial charge is 0.573 e. The summed E-state index contributed by atoms with van der Waals surface area (Å²) >= 11 is 0. The van der Waals surface area contributed by atoms with Gasteiger partial charge in [0, 0.05) is 50.9 Å². The third kappa shape index (κ3) is 5.80. The van der Waals surface area contributed by atoms with Gasteiger partial charge in [0.25, 0.3) is 0 Å². The maximum atomic E-state index is 14.3. The summed E-state index contributed by atoms with van der Waals surface area (Å²) < 4.78 is 55.0. The lowest BCUT2D eigenvalue weighted by molar-refractivity contribution is -0.274. The van der Waals surface area contributed by atoms with Crippen molar-refractivity contribution in [2.45, 2.75) is 49.8 Å². The van der Waals surface area contributed by atoms with Crippen LogP contribution in [0.25, 0.3) is 0 Å². The summed E-state index contributed by atoms with van der Waals surface area (Å²) in [6.07, 6.45) is -3.00. The van der Waals surface area contributed by atoms with E-state index in [4.69, 9.17) is 0 Å². The SMILES string of the molecule is CNC(=O)N1C[C@H](N(C(=O)NCc2ccc(OC(F)(F)F)cc2F)C2CC2)CC2(CNC(=O)N2)C1. The summed E-state index contributed by atoms with van der Waals surface area (Å²) in [5, 5.41) is 10.8. The van der Waals surface area contributed by atoms with Crippen LogP contribution in [0.3, 0.4) is 0 Å². The third-order valence-electron chi connectivity index (χ3n) is 6.27. The van der Waals surface area contributed by atoms with E-state index in [1.54, 1.807) is 9.80 Å². The quantitative estimate of drug-likeness (QED) is 0.460. The number of piperidine rings is 1. The van der Waals surface area contributed by atoms with Crippen LogP contribution in [0.5, 0.6) is 5.75 Å². The molecule has 1 aromatic rings. The van der Waals surface area contributed by atoms with Crippen LogP contribution < -0.4 is 26.0 Å². The predicted molar refractivity (Wildman–Crippen MR) is 114 cm³/mol. The van der Waals surface area contributed by atoms with Crippen molar-refractivity contribution >= 4 is 18.1 Å². The lowest BCUT2D eigenvalue weighted by Gasteiger charge is -2.47. The van der Waals surface area contributed by atoms with E-state index in [-0.39, 0.29) is 43.3 Å². The Bertz CT molecular complexity index is 1000. The lowest BCUT2D eigenvalue weighted by Crippen LogP contribution is -2.66. The van der Waals surface area contributed by atoms with Gasteiger partial charge >= 0.3 is 24.5 Å². The van der Waals surface area contributed by atoms with E-state index < -0.39 is 35.5 Å². The Morgan fingerprint density at radius 1 is 1.29 bits per heavy atom. The van der Waals surface area contributed by atoms with Crippen LogP contribution in [0.4, 0.5) is 31.9 Å². The summed E-state index contributed by atoms with van der Waals surface area (Å²) in [7, 11) is 1.50. The molecular weight excluding hydrogens is 476 g/mol. The zero-order valence-corrected chi connectivity index (χ0v) is 18.9. The number of nitrogens with one attached hydrogen (secondary N) is 4. The first-order chi connectivity index (χ1) is 16.5. The van der Waals surface area contributed by atoms with Crippen molar-refractivity contribution in [3.63, 3.8) is 0 Å². The molecule has 35 heavy (non-hydrogen) atoms. The normalized spacial score (nSPS) is 24.0. The fourth-order valence-electron chi connectivity index (χ4n) is 4.67. The van der Waals surface area contributed by atoms with Crippen molar-refractivity contribution in [2.24, 2.45) is 0 Å². The number of ether oxygens (including phenoxy) is 1. The molecule has 2 saturated heterocycles. The van der Waals surface area contributed by atoms with E-state index in [1.165, 1.54) is 7.05 Å². The average Bonchev–Trinajstić information content (AvgIpc) is 3.54. The number of carbonyl (C=O) groups is 3. The minimum Gasteiger partial charge on any atom is -0.406 e. The molecule has 1 aromatic carbocycles. The summed E-state index contributed by atoms with van der Waals surface area (Å²) in [6.45, 7) is 0.571. The molecule has 3 aliphatic rings. The molecule has 0 bridgehead atoms. The number of carbonyl (C=O) groups excluding carboxylic acids is 3. The van der Waals surface area contributed by atoms with Crippen molar-refractivity contribution in [3.05, 3.63) is 29.6 Å². The molecule has 4 rings (SSSR count). The summed E-state index contributed by atoms with van der Waals surface area (Å²) in [5.41, 5.74) is -0.747. The second kappa shape index (κ2) is 9.30. The Hall–Kier alpha value is -3.45. The van der Waals surface area contributed by atoms with E-state index in [2.05, 4.69) is 26.0 Å². The zero-order valence-electron chi connectivity index (χ0n) is 18.9. The summed E-state index contributed by atoms with van der Waals surface area (Å²) in [6, 6.07) is 1.03. The van der Waals surface area contributed by atoms with Crippen molar-refractivity contribution in [1.82, 2.24) is 31.1 Å². The average molecular weight is 502 g/mol. The molecule has 1 saturated carbocycles. The molecule has 14 heteroatoms. The second-order valence-electron chi connectivity index (χ2n) is 8.98. The Balaban J connectivity index is 1.46. The first-order valence-electron chi connectivity index (χ1n) is 11.1. The lowest BCUT2D eigenvalue weighted by atomic mass is 9.86. The molecule has 0 aromatic heterocycles. The number of amides is 6. The molecule has 192 valence electrons. The van der Waals surface area contributed by atoms with E-state index in [9.17, 15) is 31.9 Å². The molecule has 2 heterocycles. The highest BCUT2D eigenvalue weighted by Crippen LogP contribution is 2.34. The predicted octanol–water partition coefficient (Wildman–Crippen LogP) is 1.86. The third-order valence-corrected chi connectivity index (χ3v) is 6.27. The number of hydrogen-bond donors (Lipinski definition) is 4. The Labute approximate surface area is 198 Å². The summed E-state index contributed by atoms with van der Waals surface area (Å²) in [5.74, 6) is -1.65. The van der Waals surface area contributed by atoms with E-state index in [0.717, 1.165) is 25.0 Å². The molecule has 3 fully saturated rings. The molecule has 6 amide bonds. The number of nitrogens with zero attached hydrogens (tertiary/aromatic N) is 2. The topological polar surface area (TPSA) is 115 Å². The molecule has 2 aliphatic heterocycles. The molecule has 4 N–H and O–H groups in total. The number of halogens is 4. The van der Waals surface area contributed by atoms with E-state index in [1.807, 2.05) is 0 Å². The van der Waals surface area contributed by atoms with Crippen LogP contribution in [-0.4, -0.2) is 78.6 Å². The molecule has 1 spiro atoms. The Morgan fingerprint density at radius 2 is 2.03 bits per heavy atom. The van der Waals surface area contributed by atoms with Gasteiger partial charge in [0.05, 0.1) is 11.6 Å². The van der Waals surface area contributed by atoms with Gasteiger partial charge in [0.2, 0.25) is 0 Å². The van der Waals surface area contributed by atoms with Crippen LogP contribution in [-0.2, 0) is 6.54 Å². The van der Waals surface area contributed by atoms with Crippen molar-refractivity contribution in [1.29, 1.82) is 0 Å². The minimum atomic E-state index is -4.94. The van der Waals surface area contributed by atoms with Gasteiger partial charge in [-0.25, -0.2) is 18.8 Å². The number of urea groups is 3. The van der Waals surface area contributed by atoms with Gasteiger partial charge in [-0.3, -0.25) is 0 Å². The van der Waals surface area contributed by atoms with Crippen LogP contribution in [0.2, 0.25) is 0 Å². The van der Waals surface area contributed by atoms with Crippen molar-refractivity contribution in [2.75, 3.05) is 26.7 Å². The highest BCUT2D eigenvalue weighted by atomic mass is 19.4. The maximum absolute atomic E-state index is 14.3. The van der Waals surface area contributed by atoms with E-state index >= 15 is 0 Å². The molecular formula is C21H26F4N6O4. The maximum Gasteiger partial charge on any atom is 0.573 e. The van der Waals surface area contributed by atoms with E-state index in [0.29, 0.717) is 19.0 Å². The van der Waals surface area contributed by atoms with Crippen LogP contribution in [0, 0.1) is 5.82 Å². The fraction of sp³-hybridized carbons (Fsp3) is 0.571. The zero-order chi connectivity index (χ0) is 25.4. The van der Waals surface area contributed by atoms with Crippen LogP contribution >= 0.6 is 0 Å². The Kier molecular flexibility index (Phi) is 6.56. The van der Waals surface area contributed by atoms with Gasteiger partial charge < -0.3 is 35.8 Å².